The molecule has 0 atom stereocenters. The van der Waals surface area contributed by atoms with E-state index >= 15 is 0 Å². The second-order valence-corrected chi connectivity index (χ2v) is 8.47. The number of sulfone groups is 1. The van der Waals surface area contributed by atoms with Crippen LogP contribution in [0.4, 0.5) is 5.69 Å². The fourth-order valence-electron chi connectivity index (χ4n) is 2.46. The highest BCUT2D eigenvalue weighted by Crippen LogP contribution is 2.17. The minimum atomic E-state index is -3.43. The van der Waals surface area contributed by atoms with Gasteiger partial charge in [-0.25, -0.2) is 8.42 Å². The predicted molar refractivity (Wildman–Crippen MR) is 107 cm³/mol. The summed E-state index contributed by atoms with van der Waals surface area (Å²) in [7, 11) is -1.88. The molecule has 1 amide bonds. The number of methoxy groups -OCH3 is 1. The van der Waals surface area contributed by atoms with E-state index in [1.165, 1.54) is 12.1 Å². The highest BCUT2D eigenvalue weighted by Gasteiger charge is 2.17. The number of hydrogen-bond donors (Lipinski definition) is 1. The van der Waals surface area contributed by atoms with E-state index in [4.69, 9.17) is 16.3 Å². The van der Waals surface area contributed by atoms with Crippen LogP contribution in [-0.2, 0) is 14.6 Å². The predicted octanol–water partition coefficient (Wildman–Crippen LogP) is 3.08. The number of anilines is 1. The van der Waals surface area contributed by atoms with E-state index in [0.717, 1.165) is 0 Å². The quantitative estimate of drug-likeness (QED) is 0.687. The van der Waals surface area contributed by atoms with Crippen LogP contribution in [0.2, 0.25) is 5.02 Å². The Balaban J connectivity index is 1.92. The minimum Gasteiger partial charge on any atom is -0.497 e. The molecule has 146 valence electrons. The molecule has 0 heterocycles. The third-order valence-corrected chi connectivity index (χ3v) is 5.98. The second kappa shape index (κ2) is 9.73. The van der Waals surface area contributed by atoms with Gasteiger partial charge < -0.3 is 10.1 Å². The van der Waals surface area contributed by atoms with Crippen LogP contribution in [0.3, 0.4) is 0 Å². The fraction of sp³-hybridized carbons (Fsp3) is 0.316. The van der Waals surface area contributed by atoms with Crippen molar-refractivity contribution in [3.63, 3.8) is 0 Å². The summed E-state index contributed by atoms with van der Waals surface area (Å²) < 4.78 is 30.0. The van der Waals surface area contributed by atoms with E-state index in [-0.39, 0.29) is 29.6 Å². The summed E-state index contributed by atoms with van der Waals surface area (Å²) in [4.78, 5) is 14.3. The maximum absolute atomic E-state index is 12.4. The highest BCUT2D eigenvalue weighted by atomic mass is 35.5. The maximum Gasteiger partial charge on any atom is 0.238 e. The molecule has 2 aromatic carbocycles. The molecular formula is C19H23ClN2O4S. The molecule has 6 nitrogen and oxygen atoms in total. The second-order valence-electron chi connectivity index (χ2n) is 5.92. The number of nitrogens with one attached hydrogen (secondary N) is 1. The Hall–Kier alpha value is -2.09. The lowest BCUT2D eigenvalue weighted by atomic mass is 10.3. The standard InChI is InChI=1S/C19H23ClN2O4S/c1-3-22(11-12-27(24,25)18-9-7-15(20)8-10-18)14-19(23)21-16-5-4-6-17(13-16)26-2/h4-10,13H,3,11-12,14H2,1-2H3,(H,21,23). The van der Waals surface area contributed by atoms with Crippen LogP contribution < -0.4 is 10.1 Å². The number of rotatable bonds is 9. The van der Waals surface area contributed by atoms with Gasteiger partial charge in [0.25, 0.3) is 0 Å². The van der Waals surface area contributed by atoms with Gasteiger partial charge in [-0.1, -0.05) is 24.6 Å². The van der Waals surface area contributed by atoms with Gasteiger partial charge in [0.05, 0.1) is 24.3 Å². The SMILES string of the molecule is CCN(CCS(=O)(=O)c1ccc(Cl)cc1)CC(=O)Nc1cccc(OC)c1. The first kappa shape index (κ1) is 21.2. The molecule has 0 radical (unpaired) electrons. The van der Waals surface area contributed by atoms with E-state index in [1.54, 1.807) is 48.4 Å². The number of halogens is 1. The molecule has 0 saturated heterocycles. The molecule has 0 bridgehead atoms. The zero-order valence-corrected chi connectivity index (χ0v) is 16.9. The van der Waals surface area contributed by atoms with Gasteiger partial charge in [0, 0.05) is 23.3 Å². The lowest BCUT2D eigenvalue weighted by Crippen LogP contribution is -2.36. The molecule has 0 spiro atoms. The van der Waals surface area contributed by atoms with Crippen molar-refractivity contribution in [2.75, 3.05) is 37.8 Å². The van der Waals surface area contributed by atoms with Crippen LogP contribution in [0.1, 0.15) is 6.92 Å². The first-order valence-corrected chi connectivity index (χ1v) is 10.5. The monoisotopic (exact) mass is 410 g/mol. The molecule has 0 aliphatic carbocycles. The lowest BCUT2D eigenvalue weighted by Gasteiger charge is -2.20. The lowest BCUT2D eigenvalue weighted by molar-refractivity contribution is -0.117. The summed E-state index contributed by atoms with van der Waals surface area (Å²) in [5.74, 6) is 0.359. The van der Waals surface area contributed by atoms with Gasteiger partial charge in [-0.05, 0) is 42.9 Å². The van der Waals surface area contributed by atoms with Gasteiger partial charge in [0.15, 0.2) is 9.84 Å². The molecule has 27 heavy (non-hydrogen) atoms. The normalized spacial score (nSPS) is 11.4. The van der Waals surface area contributed by atoms with Crippen molar-refractivity contribution in [2.24, 2.45) is 0 Å². The molecule has 8 heteroatoms. The summed E-state index contributed by atoms with van der Waals surface area (Å²) in [6, 6.07) is 13.1. The molecule has 0 aromatic heterocycles. The van der Waals surface area contributed by atoms with Crippen molar-refractivity contribution in [2.45, 2.75) is 11.8 Å². The van der Waals surface area contributed by atoms with Gasteiger partial charge in [0.1, 0.15) is 5.75 Å². The number of carbonyl (C=O) groups excluding carboxylic acids is 1. The molecule has 0 fully saturated rings. The molecule has 1 N–H and O–H groups in total. The van der Waals surface area contributed by atoms with Gasteiger partial charge >= 0.3 is 0 Å². The summed E-state index contributed by atoms with van der Waals surface area (Å²) in [5.41, 5.74) is 0.629. The van der Waals surface area contributed by atoms with Crippen molar-refractivity contribution < 1.29 is 17.9 Å². The fourth-order valence-corrected chi connectivity index (χ4v) is 3.87. The first-order chi connectivity index (χ1) is 12.8. The largest absolute Gasteiger partial charge is 0.497 e. The Morgan fingerprint density at radius 3 is 2.52 bits per heavy atom. The number of hydrogen-bond acceptors (Lipinski definition) is 5. The van der Waals surface area contributed by atoms with E-state index < -0.39 is 9.84 Å². The highest BCUT2D eigenvalue weighted by molar-refractivity contribution is 7.91. The molecule has 0 unspecified atom stereocenters. The summed E-state index contributed by atoms with van der Waals surface area (Å²) in [5, 5.41) is 3.28. The number of nitrogens with zero attached hydrogens (tertiary/aromatic N) is 1. The van der Waals surface area contributed by atoms with Crippen LogP contribution in [0.25, 0.3) is 0 Å². The third-order valence-electron chi connectivity index (χ3n) is 4.02. The number of likely N-dealkylation sites (N-methyl/N-ethyl adjacent to an activating group) is 1. The number of amides is 1. The average Bonchev–Trinajstić information content (AvgIpc) is 2.65. The smallest absolute Gasteiger partial charge is 0.238 e. The Bertz CT molecular complexity index is 870. The zero-order chi connectivity index (χ0) is 19.9. The van der Waals surface area contributed by atoms with E-state index in [9.17, 15) is 13.2 Å². The van der Waals surface area contributed by atoms with Crippen molar-refractivity contribution in [1.82, 2.24) is 4.90 Å². The summed E-state index contributed by atoms with van der Waals surface area (Å²) in [6.07, 6.45) is 0. The topological polar surface area (TPSA) is 75.7 Å². The van der Waals surface area contributed by atoms with E-state index in [2.05, 4.69) is 5.32 Å². The van der Waals surface area contributed by atoms with Crippen molar-refractivity contribution >= 4 is 33.0 Å². The van der Waals surface area contributed by atoms with E-state index in [1.807, 2.05) is 6.92 Å². The number of ether oxygens (including phenoxy) is 1. The van der Waals surface area contributed by atoms with Crippen LogP contribution in [0.15, 0.2) is 53.4 Å². The average molecular weight is 411 g/mol. The number of carbonyl (C=O) groups is 1. The van der Waals surface area contributed by atoms with Gasteiger partial charge in [0.2, 0.25) is 5.91 Å². The van der Waals surface area contributed by atoms with Crippen LogP contribution in [-0.4, -0.2) is 51.7 Å². The van der Waals surface area contributed by atoms with Gasteiger partial charge in [-0.3, -0.25) is 9.69 Å². The Kier molecular flexibility index (Phi) is 7.65. The van der Waals surface area contributed by atoms with Crippen molar-refractivity contribution in [1.29, 1.82) is 0 Å². The van der Waals surface area contributed by atoms with Crippen LogP contribution in [0, 0.1) is 0 Å². The summed E-state index contributed by atoms with van der Waals surface area (Å²) >= 11 is 5.80. The third kappa shape index (κ3) is 6.53. The van der Waals surface area contributed by atoms with Crippen molar-refractivity contribution in [3.8, 4) is 5.75 Å². The van der Waals surface area contributed by atoms with Crippen molar-refractivity contribution in [3.05, 3.63) is 53.6 Å². The van der Waals surface area contributed by atoms with E-state index in [0.29, 0.717) is 23.0 Å². The Morgan fingerprint density at radius 2 is 1.89 bits per heavy atom. The molecule has 0 aliphatic heterocycles. The Morgan fingerprint density at radius 1 is 1.19 bits per heavy atom. The first-order valence-electron chi connectivity index (χ1n) is 8.48. The molecule has 2 rings (SSSR count). The van der Waals surface area contributed by atoms with Gasteiger partial charge in [-0.15, -0.1) is 0 Å². The molecule has 0 aliphatic rings. The summed E-state index contributed by atoms with van der Waals surface area (Å²) in [6.45, 7) is 2.80. The van der Waals surface area contributed by atoms with Crippen LogP contribution in [0.5, 0.6) is 5.75 Å². The number of benzene rings is 2. The molecule has 0 saturated carbocycles. The van der Waals surface area contributed by atoms with Gasteiger partial charge in [-0.2, -0.15) is 0 Å². The maximum atomic E-state index is 12.4. The van der Waals surface area contributed by atoms with Crippen LogP contribution >= 0.6 is 11.6 Å². The zero-order valence-electron chi connectivity index (χ0n) is 15.3. The minimum absolute atomic E-state index is 0.0745. The Labute approximate surface area is 165 Å². The molecule has 2 aromatic rings. The molecular weight excluding hydrogens is 388 g/mol.